The molecule has 0 amide bonds. The average molecular weight is 437 g/mol. The molecule has 0 radical (unpaired) electrons. The topological polar surface area (TPSA) is 77.8 Å². The minimum absolute atomic E-state index is 0.0426. The van der Waals surface area contributed by atoms with Crippen LogP contribution in [-0.2, 0) is 0 Å². The highest BCUT2D eigenvalue weighted by molar-refractivity contribution is 5.88. The van der Waals surface area contributed by atoms with E-state index in [1.165, 1.54) is 18.3 Å². The van der Waals surface area contributed by atoms with E-state index in [4.69, 9.17) is 9.47 Å². The zero-order valence-corrected chi connectivity index (χ0v) is 17.0. The van der Waals surface area contributed by atoms with Crippen molar-refractivity contribution in [1.82, 2.24) is 4.57 Å². The van der Waals surface area contributed by atoms with Crippen molar-refractivity contribution in [3.05, 3.63) is 45.7 Å². The Morgan fingerprint density at radius 2 is 2.00 bits per heavy atom. The molecule has 1 saturated carbocycles. The number of pyridine rings is 1. The predicted molar refractivity (Wildman–Crippen MR) is 106 cm³/mol. The molecule has 0 spiro atoms. The van der Waals surface area contributed by atoms with Gasteiger partial charge in [-0.25, -0.2) is 4.79 Å². The molecule has 1 aromatic heterocycles. The third kappa shape index (κ3) is 4.26. The van der Waals surface area contributed by atoms with Crippen LogP contribution in [0.5, 0.6) is 11.5 Å². The number of halogens is 3. The van der Waals surface area contributed by atoms with Crippen LogP contribution in [0.25, 0.3) is 11.3 Å². The van der Waals surface area contributed by atoms with Gasteiger partial charge in [0.05, 0.1) is 11.7 Å². The molecule has 1 fully saturated rings. The molecule has 2 aliphatic rings. The van der Waals surface area contributed by atoms with Gasteiger partial charge in [0.1, 0.15) is 23.7 Å². The number of carboxylic acids is 1. The Bertz CT molecular complexity index is 1090. The van der Waals surface area contributed by atoms with Crippen molar-refractivity contribution in [2.24, 2.45) is 5.92 Å². The lowest BCUT2D eigenvalue weighted by atomic mass is 9.99. The molecule has 1 N–H and O–H groups in total. The van der Waals surface area contributed by atoms with E-state index in [-0.39, 0.29) is 35.8 Å². The second-order valence-corrected chi connectivity index (χ2v) is 8.34. The molecule has 1 aliphatic heterocycles. The van der Waals surface area contributed by atoms with Crippen LogP contribution in [0.1, 0.15) is 54.6 Å². The summed E-state index contributed by atoms with van der Waals surface area (Å²) < 4.78 is 51.0. The van der Waals surface area contributed by atoms with Crippen molar-refractivity contribution >= 4 is 5.97 Å². The second-order valence-electron chi connectivity index (χ2n) is 8.34. The average Bonchev–Trinajstić information content (AvgIpc) is 3.51. The molecule has 0 saturated heterocycles. The molecule has 0 bridgehead atoms. The first-order valence-electron chi connectivity index (χ1n) is 10.1. The number of carboxylic acid groups (broad SMARTS) is 1. The molecule has 2 aromatic rings. The SMILES string of the molecule is CC(C)[C@@H]1COc2cc(OCC(F)(F)F)c(C3CC3)cc2-c2cc(=O)c(C(=O)O)cn21. The van der Waals surface area contributed by atoms with Crippen LogP contribution >= 0.6 is 0 Å². The third-order valence-corrected chi connectivity index (χ3v) is 5.64. The van der Waals surface area contributed by atoms with Crippen LogP contribution in [0, 0.1) is 5.92 Å². The fourth-order valence-electron chi connectivity index (χ4n) is 3.87. The summed E-state index contributed by atoms with van der Waals surface area (Å²) in [6.07, 6.45) is -1.47. The summed E-state index contributed by atoms with van der Waals surface area (Å²) in [4.78, 5) is 24.0. The lowest BCUT2D eigenvalue weighted by Crippen LogP contribution is -2.25. The van der Waals surface area contributed by atoms with Gasteiger partial charge in [0, 0.05) is 23.9 Å². The molecule has 31 heavy (non-hydrogen) atoms. The molecule has 1 atom stereocenters. The van der Waals surface area contributed by atoms with Gasteiger partial charge in [-0.3, -0.25) is 4.79 Å². The van der Waals surface area contributed by atoms with Gasteiger partial charge in [-0.2, -0.15) is 13.2 Å². The highest BCUT2D eigenvalue weighted by atomic mass is 19.4. The standard InChI is InChI=1S/C22H22F3NO5/c1-11(2)17-9-30-20-7-19(31-10-22(23,24)25)13(12-3-4-12)5-14(20)16-6-18(27)15(21(28)29)8-26(16)17/h5-8,11-12,17H,3-4,9-10H2,1-2H3,(H,28,29)/t17-/m0/s1. The van der Waals surface area contributed by atoms with Crippen molar-refractivity contribution in [1.29, 1.82) is 0 Å². The highest BCUT2D eigenvalue weighted by Gasteiger charge is 2.34. The largest absolute Gasteiger partial charge is 0.491 e. The maximum atomic E-state index is 12.7. The summed E-state index contributed by atoms with van der Waals surface area (Å²) in [6.45, 7) is 2.65. The van der Waals surface area contributed by atoms with Crippen LogP contribution in [0.15, 0.2) is 29.2 Å². The van der Waals surface area contributed by atoms with E-state index in [9.17, 15) is 27.9 Å². The summed E-state index contributed by atoms with van der Waals surface area (Å²) in [7, 11) is 0. The van der Waals surface area contributed by atoms with Crippen LogP contribution in [0.3, 0.4) is 0 Å². The Balaban J connectivity index is 1.89. The summed E-state index contributed by atoms with van der Waals surface area (Å²) in [5.74, 6) is -0.765. The smallest absolute Gasteiger partial charge is 0.422 e. The number of aromatic nitrogens is 1. The zero-order chi connectivity index (χ0) is 22.5. The highest BCUT2D eigenvalue weighted by Crippen LogP contribution is 2.49. The molecule has 1 aliphatic carbocycles. The normalized spacial score (nSPS) is 18.1. The first-order chi connectivity index (χ1) is 14.5. The van der Waals surface area contributed by atoms with Crippen molar-refractivity contribution in [2.45, 2.75) is 44.8 Å². The fraction of sp³-hybridized carbons (Fsp3) is 0.455. The van der Waals surface area contributed by atoms with Crippen LogP contribution in [0.4, 0.5) is 13.2 Å². The van der Waals surface area contributed by atoms with Gasteiger partial charge >= 0.3 is 12.1 Å². The summed E-state index contributed by atoms with van der Waals surface area (Å²) in [5.41, 5.74) is 0.671. The molecule has 2 heterocycles. The first kappa shape index (κ1) is 21.3. The number of fused-ring (bicyclic) bond motifs is 3. The minimum atomic E-state index is -4.47. The molecular weight excluding hydrogens is 415 g/mol. The number of ether oxygens (including phenoxy) is 2. The van der Waals surface area contributed by atoms with Crippen molar-refractivity contribution < 1.29 is 32.5 Å². The Morgan fingerprint density at radius 3 is 2.58 bits per heavy atom. The van der Waals surface area contributed by atoms with E-state index in [0.29, 0.717) is 22.6 Å². The van der Waals surface area contributed by atoms with E-state index < -0.39 is 24.2 Å². The number of hydrogen-bond acceptors (Lipinski definition) is 4. The number of rotatable bonds is 5. The van der Waals surface area contributed by atoms with E-state index in [2.05, 4.69) is 0 Å². The van der Waals surface area contributed by atoms with Crippen LogP contribution in [0.2, 0.25) is 0 Å². The number of aromatic carboxylic acids is 1. The van der Waals surface area contributed by atoms with Gasteiger partial charge in [-0.1, -0.05) is 13.8 Å². The van der Waals surface area contributed by atoms with Gasteiger partial charge in [-0.15, -0.1) is 0 Å². The maximum Gasteiger partial charge on any atom is 0.422 e. The van der Waals surface area contributed by atoms with E-state index in [1.54, 1.807) is 10.6 Å². The molecule has 4 rings (SSSR count). The number of alkyl halides is 3. The Kier molecular flexibility index (Phi) is 5.23. The fourth-order valence-corrected chi connectivity index (χ4v) is 3.87. The maximum absolute atomic E-state index is 12.7. The number of benzene rings is 1. The quantitative estimate of drug-likeness (QED) is 0.739. The van der Waals surface area contributed by atoms with Crippen molar-refractivity contribution in [3.8, 4) is 22.8 Å². The molecule has 0 unspecified atom stereocenters. The molecule has 1 aromatic carbocycles. The Morgan fingerprint density at radius 1 is 1.29 bits per heavy atom. The van der Waals surface area contributed by atoms with Gasteiger partial charge in [0.2, 0.25) is 0 Å². The van der Waals surface area contributed by atoms with Crippen molar-refractivity contribution in [3.63, 3.8) is 0 Å². The monoisotopic (exact) mass is 437 g/mol. The summed E-state index contributed by atoms with van der Waals surface area (Å²) in [5, 5.41) is 9.39. The first-order valence-corrected chi connectivity index (χ1v) is 10.1. The zero-order valence-electron chi connectivity index (χ0n) is 17.0. The number of hydrogen-bond donors (Lipinski definition) is 1. The minimum Gasteiger partial charge on any atom is -0.491 e. The number of carbonyl (C=O) groups is 1. The molecule has 166 valence electrons. The van der Waals surface area contributed by atoms with Crippen LogP contribution in [-0.4, -0.2) is 35.0 Å². The predicted octanol–water partition coefficient (Wildman–Crippen LogP) is 4.62. The van der Waals surface area contributed by atoms with Gasteiger partial charge in [0.15, 0.2) is 12.0 Å². The molecular formula is C22H22F3NO5. The summed E-state index contributed by atoms with van der Waals surface area (Å²) in [6, 6.07) is 4.16. The van der Waals surface area contributed by atoms with Gasteiger partial charge < -0.3 is 19.1 Å². The van der Waals surface area contributed by atoms with Crippen LogP contribution < -0.4 is 14.9 Å². The Hall–Kier alpha value is -2.97. The number of nitrogens with zero attached hydrogens (tertiary/aromatic N) is 1. The Labute approximate surface area is 176 Å². The second kappa shape index (κ2) is 7.62. The van der Waals surface area contributed by atoms with Crippen molar-refractivity contribution in [2.75, 3.05) is 13.2 Å². The molecule has 9 heteroatoms. The van der Waals surface area contributed by atoms with E-state index in [0.717, 1.165) is 12.8 Å². The van der Waals surface area contributed by atoms with Gasteiger partial charge in [-0.05, 0) is 36.3 Å². The summed E-state index contributed by atoms with van der Waals surface area (Å²) >= 11 is 0. The van der Waals surface area contributed by atoms with Gasteiger partial charge in [0.25, 0.3) is 0 Å². The third-order valence-electron chi connectivity index (χ3n) is 5.64. The van der Waals surface area contributed by atoms with E-state index in [1.807, 2.05) is 13.8 Å². The van der Waals surface area contributed by atoms with E-state index >= 15 is 0 Å². The lowest BCUT2D eigenvalue weighted by molar-refractivity contribution is -0.153. The lowest BCUT2D eigenvalue weighted by Gasteiger charge is -2.24. The molecule has 6 nitrogen and oxygen atoms in total.